The number of para-hydroxylation sites is 1. The first kappa shape index (κ1) is 28.3. The third kappa shape index (κ3) is 4.79. The van der Waals surface area contributed by atoms with Crippen LogP contribution in [0.15, 0.2) is 186 Å². The molecule has 0 unspecified atom stereocenters. The minimum absolute atomic E-state index is 0.794. The minimum Gasteiger partial charge on any atom is -0.454 e. The molecule has 0 atom stereocenters. The lowest BCUT2D eigenvalue weighted by atomic mass is 9.97. The molecule has 3 heteroatoms. The van der Waals surface area contributed by atoms with Crippen molar-refractivity contribution < 1.29 is 4.42 Å². The highest BCUT2D eigenvalue weighted by atomic mass is 16.3. The second-order valence-corrected chi connectivity index (χ2v) is 12.8. The van der Waals surface area contributed by atoms with E-state index in [1.165, 1.54) is 43.8 Å². The van der Waals surface area contributed by atoms with E-state index in [1.54, 1.807) is 0 Å². The van der Waals surface area contributed by atoms with Crippen LogP contribution < -0.4 is 4.90 Å². The SMILES string of the molecule is c1ccc(-c2ccc(N(c3ccc(-c4ccc5ccc6ccccc6c5c4)cc3)c3ccc4nc5c(cc4c3)oc3ccccc35)cc2)cc1. The highest BCUT2D eigenvalue weighted by molar-refractivity contribution is 6.09. The van der Waals surface area contributed by atoms with Crippen molar-refractivity contribution >= 4 is 71.6 Å². The average molecular weight is 639 g/mol. The Bertz CT molecular complexity index is 2850. The molecular weight excluding hydrogens is 609 g/mol. The maximum Gasteiger partial charge on any atom is 0.154 e. The molecule has 0 aliphatic heterocycles. The second-order valence-electron chi connectivity index (χ2n) is 12.8. The first-order chi connectivity index (χ1) is 24.7. The average Bonchev–Trinajstić information content (AvgIpc) is 3.55. The van der Waals surface area contributed by atoms with Crippen molar-refractivity contribution in [1.82, 2.24) is 4.98 Å². The minimum atomic E-state index is 0.794. The standard InChI is InChI=1S/C47H30N2O/c1-2-8-31(9-3-1)32-18-22-38(23-19-32)49(40-26-27-44-37(28-40)30-46-47(48-44)42-12-6-7-13-45(42)50-46)39-24-20-33(21-25-39)36-17-16-35-15-14-34-10-4-5-11-41(34)43(35)29-36/h1-30H. The summed E-state index contributed by atoms with van der Waals surface area (Å²) in [5.41, 5.74) is 11.4. The van der Waals surface area contributed by atoms with Crippen LogP contribution in [0.2, 0.25) is 0 Å². The Balaban J connectivity index is 1.08. The van der Waals surface area contributed by atoms with Crippen LogP contribution in [0.5, 0.6) is 0 Å². The van der Waals surface area contributed by atoms with Gasteiger partial charge in [-0.25, -0.2) is 4.98 Å². The van der Waals surface area contributed by atoms with Crippen molar-refractivity contribution in [3.63, 3.8) is 0 Å². The largest absolute Gasteiger partial charge is 0.454 e. The van der Waals surface area contributed by atoms with Gasteiger partial charge >= 0.3 is 0 Å². The molecule has 50 heavy (non-hydrogen) atoms. The number of pyridine rings is 1. The quantitative estimate of drug-likeness (QED) is 0.176. The van der Waals surface area contributed by atoms with E-state index < -0.39 is 0 Å². The molecule has 0 aliphatic carbocycles. The Morgan fingerprint density at radius 1 is 0.360 bits per heavy atom. The Morgan fingerprint density at radius 2 is 0.940 bits per heavy atom. The van der Waals surface area contributed by atoms with Gasteiger partial charge in [0.1, 0.15) is 11.1 Å². The van der Waals surface area contributed by atoms with Gasteiger partial charge in [-0.2, -0.15) is 0 Å². The van der Waals surface area contributed by atoms with Crippen LogP contribution >= 0.6 is 0 Å². The van der Waals surface area contributed by atoms with Crippen LogP contribution in [0, 0.1) is 0 Å². The van der Waals surface area contributed by atoms with E-state index >= 15 is 0 Å². The number of aromatic nitrogens is 1. The Hall–Kier alpha value is -6.71. The van der Waals surface area contributed by atoms with Gasteiger partial charge in [0.2, 0.25) is 0 Å². The van der Waals surface area contributed by atoms with E-state index in [1.807, 2.05) is 18.2 Å². The molecule has 0 radical (unpaired) electrons. The van der Waals surface area contributed by atoms with E-state index in [0.29, 0.717) is 0 Å². The van der Waals surface area contributed by atoms with Crippen LogP contribution in [0.3, 0.4) is 0 Å². The van der Waals surface area contributed by atoms with Gasteiger partial charge in [-0.3, -0.25) is 0 Å². The summed E-state index contributed by atoms with van der Waals surface area (Å²) in [4.78, 5) is 7.34. The normalized spacial score (nSPS) is 11.6. The molecule has 2 aromatic heterocycles. The van der Waals surface area contributed by atoms with Gasteiger partial charge in [0.05, 0.1) is 5.52 Å². The van der Waals surface area contributed by atoms with Crippen molar-refractivity contribution in [2.75, 3.05) is 4.90 Å². The molecule has 234 valence electrons. The number of nitrogens with zero attached hydrogens (tertiary/aromatic N) is 2. The molecule has 10 aromatic rings. The monoisotopic (exact) mass is 638 g/mol. The van der Waals surface area contributed by atoms with E-state index in [0.717, 1.165) is 50.0 Å². The summed E-state index contributed by atoms with van der Waals surface area (Å²) >= 11 is 0. The lowest BCUT2D eigenvalue weighted by Gasteiger charge is -2.26. The van der Waals surface area contributed by atoms with Crippen molar-refractivity contribution in [1.29, 1.82) is 0 Å². The van der Waals surface area contributed by atoms with Crippen molar-refractivity contribution in [2.24, 2.45) is 0 Å². The molecule has 0 N–H and O–H groups in total. The Morgan fingerprint density at radius 3 is 1.72 bits per heavy atom. The van der Waals surface area contributed by atoms with E-state index in [9.17, 15) is 0 Å². The lowest BCUT2D eigenvalue weighted by Crippen LogP contribution is -2.10. The maximum atomic E-state index is 6.21. The molecule has 0 saturated heterocycles. The van der Waals surface area contributed by atoms with Crippen molar-refractivity contribution in [2.45, 2.75) is 0 Å². The molecule has 0 aliphatic rings. The number of hydrogen-bond acceptors (Lipinski definition) is 3. The van der Waals surface area contributed by atoms with Gasteiger partial charge in [-0.05, 0) is 111 Å². The van der Waals surface area contributed by atoms with Crippen LogP contribution in [-0.2, 0) is 0 Å². The fraction of sp³-hybridized carbons (Fsp3) is 0. The molecule has 0 amide bonds. The van der Waals surface area contributed by atoms with Crippen LogP contribution in [0.4, 0.5) is 17.1 Å². The number of hydrogen-bond donors (Lipinski definition) is 0. The molecule has 10 rings (SSSR count). The first-order valence-electron chi connectivity index (χ1n) is 16.9. The molecule has 2 heterocycles. The van der Waals surface area contributed by atoms with Gasteiger partial charge in [-0.15, -0.1) is 0 Å². The summed E-state index contributed by atoms with van der Waals surface area (Å²) in [6.45, 7) is 0. The van der Waals surface area contributed by atoms with Crippen molar-refractivity contribution in [3.05, 3.63) is 182 Å². The molecule has 3 nitrogen and oxygen atoms in total. The predicted molar refractivity (Wildman–Crippen MR) is 210 cm³/mol. The number of benzene rings is 8. The highest BCUT2D eigenvalue weighted by Crippen LogP contribution is 2.39. The van der Waals surface area contributed by atoms with Gasteiger partial charge in [0.15, 0.2) is 5.58 Å². The number of anilines is 3. The van der Waals surface area contributed by atoms with Gasteiger partial charge in [0, 0.05) is 27.8 Å². The molecular formula is C47H30N2O. The zero-order valence-corrected chi connectivity index (χ0v) is 27.1. The number of furan rings is 1. The molecule has 8 aromatic carbocycles. The summed E-state index contributed by atoms with van der Waals surface area (Å²) in [7, 11) is 0. The first-order valence-corrected chi connectivity index (χ1v) is 16.9. The maximum absolute atomic E-state index is 6.21. The molecule has 0 saturated carbocycles. The third-order valence-corrected chi connectivity index (χ3v) is 9.82. The van der Waals surface area contributed by atoms with E-state index in [-0.39, 0.29) is 0 Å². The van der Waals surface area contributed by atoms with Crippen LogP contribution in [-0.4, -0.2) is 4.98 Å². The Labute approximate surface area is 289 Å². The summed E-state index contributed by atoms with van der Waals surface area (Å²) in [6.07, 6.45) is 0. The van der Waals surface area contributed by atoms with Crippen molar-refractivity contribution in [3.8, 4) is 22.3 Å². The zero-order valence-electron chi connectivity index (χ0n) is 27.1. The summed E-state index contributed by atoms with van der Waals surface area (Å²) < 4.78 is 6.21. The van der Waals surface area contributed by atoms with E-state index in [4.69, 9.17) is 9.40 Å². The summed E-state index contributed by atoms with van der Waals surface area (Å²) in [5.74, 6) is 0. The summed E-state index contributed by atoms with van der Waals surface area (Å²) in [6, 6.07) is 64.7. The van der Waals surface area contributed by atoms with Gasteiger partial charge in [0.25, 0.3) is 0 Å². The second kappa shape index (κ2) is 11.5. The van der Waals surface area contributed by atoms with Crippen LogP contribution in [0.1, 0.15) is 0 Å². The van der Waals surface area contributed by atoms with Gasteiger partial charge in [-0.1, -0.05) is 115 Å². The van der Waals surface area contributed by atoms with Gasteiger partial charge < -0.3 is 9.32 Å². The summed E-state index contributed by atoms with van der Waals surface area (Å²) in [5, 5.41) is 7.12. The Kier molecular flexibility index (Phi) is 6.49. The molecule has 0 fully saturated rings. The highest BCUT2D eigenvalue weighted by Gasteiger charge is 2.16. The smallest absolute Gasteiger partial charge is 0.154 e. The molecule has 0 spiro atoms. The number of fused-ring (bicyclic) bond motifs is 7. The zero-order chi connectivity index (χ0) is 33.0. The number of rotatable bonds is 5. The third-order valence-electron chi connectivity index (χ3n) is 9.82. The van der Waals surface area contributed by atoms with E-state index in [2.05, 4.69) is 169 Å². The lowest BCUT2D eigenvalue weighted by molar-refractivity contribution is 0.669. The fourth-order valence-corrected chi connectivity index (χ4v) is 7.29. The van der Waals surface area contributed by atoms with Crippen LogP contribution in [0.25, 0.3) is 76.8 Å². The predicted octanol–water partition coefficient (Wildman–Crippen LogP) is 13.2. The fourth-order valence-electron chi connectivity index (χ4n) is 7.29. The topological polar surface area (TPSA) is 29.3 Å². The molecule has 0 bridgehead atoms.